The third kappa shape index (κ3) is 0.786. The van der Waals surface area contributed by atoms with Crippen molar-refractivity contribution in [2.24, 2.45) is 5.41 Å². The minimum absolute atomic E-state index is 0.249. The van der Waals surface area contributed by atoms with Crippen LogP contribution in [0.5, 0.6) is 0 Å². The number of hydrogen-bond donors (Lipinski definition) is 0. The van der Waals surface area contributed by atoms with Crippen LogP contribution in [-0.4, -0.2) is 13.1 Å². The molecule has 0 aromatic carbocycles. The topological polar surface area (TPSA) is 26.3 Å². The van der Waals surface area contributed by atoms with Gasteiger partial charge in [0.1, 0.15) is 5.41 Å². The molecule has 0 spiro atoms. The molecule has 1 rings (SSSR count). The first-order valence-electron chi connectivity index (χ1n) is 3.31. The molecule has 0 aromatic rings. The second kappa shape index (κ2) is 2.34. The van der Waals surface area contributed by atoms with E-state index in [9.17, 15) is 4.79 Å². The van der Waals surface area contributed by atoms with E-state index in [4.69, 9.17) is 6.42 Å². The van der Waals surface area contributed by atoms with Gasteiger partial charge in [-0.2, -0.15) is 0 Å². The molecular weight excluding hydrogens is 128 g/mol. The zero-order chi connectivity index (χ0) is 7.61. The van der Waals surface area contributed by atoms with Crippen molar-refractivity contribution in [2.75, 3.05) is 7.11 Å². The summed E-state index contributed by atoms with van der Waals surface area (Å²) in [5.41, 5.74) is -0.561. The van der Waals surface area contributed by atoms with Crippen molar-refractivity contribution in [1.82, 2.24) is 0 Å². The number of rotatable bonds is 1. The third-order valence-corrected chi connectivity index (χ3v) is 2.06. The SMILES string of the molecule is C#CC1(C(=O)OC)CCC1. The van der Waals surface area contributed by atoms with Gasteiger partial charge in [-0.15, -0.1) is 6.42 Å². The molecule has 0 bridgehead atoms. The van der Waals surface area contributed by atoms with Gasteiger partial charge < -0.3 is 4.74 Å². The fourth-order valence-corrected chi connectivity index (χ4v) is 1.13. The minimum Gasteiger partial charge on any atom is -0.468 e. The summed E-state index contributed by atoms with van der Waals surface area (Å²) in [5, 5.41) is 0. The lowest BCUT2D eigenvalue weighted by atomic mass is 9.69. The van der Waals surface area contributed by atoms with Crippen LogP contribution < -0.4 is 0 Å². The van der Waals surface area contributed by atoms with Crippen LogP contribution in [0.1, 0.15) is 19.3 Å². The van der Waals surface area contributed by atoms with E-state index in [0.717, 1.165) is 19.3 Å². The van der Waals surface area contributed by atoms with E-state index in [2.05, 4.69) is 10.7 Å². The Morgan fingerprint density at radius 2 is 2.30 bits per heavy atom. The van der Waals surface area contributed by atoms with Gasteiger partial charge in [-0.1, -0.05) is 5.92 Å². The lowest BCUT2D eigenvalue weighted by Crippen LogP contribution is -2.37. The standard InChI is InChI=1S/C8H10O2/c1-3-8(5-4-6-8)7(9)10-2/h1H,4-6H2,2H3. The van der Waals surface area contributed by atoms with E-state index >= 15 is 0 Å². The second-order valence-electron chi connectivity index (χ2n) is 2.57. The maximum Gasteiger partial charge on any atom is 0.323 e. The molecule has 2 heteroatoms. The summed E-state index contributed by atoms with van der Waals surface area (Å²) in [7, 11) is 1.37. The molecule has 0 aromatic heterocycles. The van der Waals surface area contributed by atoms with Crippen molar-refractivity contribution in [1.29, 1.82) is 0 Å². The molecule has 0 N–H and O–H groups in total. The summed E-state index contributed by atoms with van der Waals surface area (Å²) >= 11 is 0. The lowest BCUT2D eigenvalue weighted by molar-refractivity contribution is -0.153. The molecule has 0 radical (unpaired) electrons. The first kappa shape index (κ1) is 7.14. The maximum atomic E-state index is 11.0. The predicted octanol–water partition coefficient (Wildman–Crippen LogP) is 0.963. The molecule has 10 heavy (non-hydrogen) atoms. The van der Waals surface area contributed by atoms with Crippen LogP contribution in [0, 0.1) is 17.8 Å². The smallest absolute Gasteiger partial charge is 0.323 e. The molecule has 0 unspecified atom stereocenters. The highest BCUT2D eigenvalue weighted by Crippen LogP contribution is 2.40. The van der Waals surface area contributed by atoms with E-state index in [1.54, 1.807) is 0 Å². The molecule has 2 nitrogen and oxygen atoms in total. The summed E-state index contributed by atoms with van der Waals surface area (Å²) in [6.07, 6.45) is 7.81. The molecule has 0 amide bonds. The molecule has 0 aliphatic heterocycles. The van der Waals surface area contributed by atoms with Gasteiger partial charge in [-0.05, 0) is 19.3 Å². The Morgan fingerprint density at radius 3 is 2.40 bits per heavy atom. The van der Waals surface area contributed by atoms with E-state index in [1.165, 1.54) is 7.11 Å². The predicted molar refractivity (Wildman–Crippen MR) is 37.1 cm³/mol. The quantitative estimate of drug-likeness (QED) is 0.398. The van der Waals surface area contributed by atoms with Crippen LogP contribution in [0.3, 0.4) is 0 Å². The Balaban J connectivity index is 2.67. The summed E-state index contributed by atoms with van der Waals surface area (Å²) in [4.78, 5) is 11.0. The largest absolute Gasteiger partial charge is 0.468 e. The average Bonchev–Trinajstić information content (AvgIpc) is 1.86. The van der Waals surface area contributed by atoms with Gasteiger partial charge in [0.25, 0.3) is 0 Å². The highest BCUT2D eigenvalue weighted by Gasteiger charge is 2.43. The van der Waals surface area contributed by atoms with Crippen LogP contribution >= 0.6 is 0 Å². The third-order valence-electron chi connectivity index (χ3n) is 2.06. The zero-order valence-corrected chi connectivity index (χ0v) is 6.02. The van der Waals surface area contributed by atoms with Crippen molar-refractivity contribution >= 4 is 5.97 Å². The fraction of sp³-hybridized carbons (Fsp3) is 0.625. The van der Waals surface area contributed by atoms with Gasteiger partial charge >= 0.3 is 5.97 Å². The van der Waals surface area contributed by atoms with Crippen LogP contribution in [-0.2, 0) is 9.53 Å². The fourth-order valence-electron chi connectivity index (χ4n) is 1.13. The van der Waals surface area contributed by atoms with Crippen molar-refractivity contribution in [3.8, 4) is 12.3 Å². The van der Waals surface area contributed by atoms with Crippen molar-refractivity contribution in [3.63, 3.8) is 0 Å². The summed E-state index contributed by atoms with van der Waals surface area (Å²) < 4.78 is 4.57. The van der Waals surface area contributed by atoms with Crippen LogP contribution in [0.25, 0.3) is 0 Å². The molecule has 1 saturated carbocycles. The van der Waals surface area contributed by atoms with Gasteiger partial charge in [0.15, 0.2) is 0 Å². The van der Waals surface area contributed by atoms with E-state index in [1.807, 2.05) is 0 Å². The summed E-state index contributed by atoms with van der Waals surface area (Å²) in [5.74, 6) is 2.24. The second-order valence-corrected chi connectivity index (χ2v) is 2.57. The molecular formula is C8H10O2. The Hall–Kier alpha value is -0.970. The van der Waals surface area contributed by atoms with Gasteiger partial charge in [0.2, 0.25) is 0 Å². The molecule has 0 saturated heterocycles. The summed E-state index contributed by atoms with van der Waals surface area (Å²) in [6, 6.07) is 0. The molecule has 1 fully saturated rings. The Bertz CT molecular complexity index is 184. The Labute approximate surface area is 60.6 Å². The Kier molecular flexibility index (Phi) is 1.67. The van der Waals surface area contributed by atoms with Crippen LogP contribution in [0.15, 0.2) is 0 Å². The van der Waals surface area contributed by atoms with Gasteiger partial charge in [0, 0.05) is 0 Å². The van der Waals surface area contributed by atoms with E-state index in [-0.39, 0.29) is 5.97 Å². The number of methoxy groups -OCH3 is 1. The highest BCUT2D eigenvalue weighted by molar-refractivity contribution is 5.81. The van der Waals surface area contributed by atoms with Crippen molar-refractivity contribution in [3.05, 3.63) is 0 Å². The molecule has 1 aliphatic rings. The normalized spacial score (nSPS) is 20.4. The van der Waals surface area contributed by atoms with Gasteiger partial charge in [-0.3, -0.25) is 4.79 Å². The average molecular weight is 138 g/mol. The molecule has 54 valence electrons. The number of carbonyl (C=O) groups excluding carboxylic acids is 1. The first-order valence-corrected chi connectivity index (χ1v) is 3.31. The monoisotopic (exact) mass is 138 g/mol. The first-order chi connectivity index (χ1) is 4.75. The molecule has 0 atom stereocenters. The van der Waals surface area contributed by atoms with Crippen molar-refractivity contribution < 1.29 is 9.53 Å². The number of terminal acetylenes is 1. The number of esters is 1. The number of carbonyl (C=O) groups is 1. The number of hydrogen-bond acceptors (Lipinski definition) is 2. The zero-order valence-electron chi connectivity index (χ0n) is 6.02. The van der Waals surface area contributed by atoms with Crippen LogP contribution in [0.4, 0.5) is 0 Å². The number of ether oxygens (including phenoxy) is 1. The molecule has 1 aliphatic carbocycles. The Morgan fingerprint density at radius 1 is 1.70 bits per heavy atom. The molecule has 0 heterocycles. The van der Waals surface area contributed by atoms with Gasteiger partial charge in [-0.25, -0.2) is 0 Å². The lowest BCUT2D eigenvalue weighted by Gasteiger charge is -2.33. The van der Waals surface area contributed by atoms with Crippen molar-refractivity contribution in [2.45, 2.75) is 19.3 Å². The van der Waals surface area contributed by atoms with Gasteiger partial charge in [0.05, 0.1) is 7.11 Å². The summed E-state index contributed by atoms with van der Waals surface area (Å²) in [6.45, 7) is 0. The van der Waals surface area contributed by atoms with E-state index in [0.29, 0.717) is 0 Å². The maximum absolute atomic E-state index is 11.0. The minimum atomic E-state index is -0.561. The highest BCUT2D eigenvalue weighted by atomic mass is 16.5. The van der Waals surface area contributed by atoms with E-state index < -0.39 is 5.41 Å². The van der Waals surface area contributed by atoms with Crippen LogP contribution in [0.2, 0.25) is 0 Å².